The summed E-state index contributed by atoms with van der Waals surface area (Å²) < 4.78 is 33.9. The van der Waals surface area contributed by atoms with Crippen LogP contribution in [0.1, 0.15) is 12.1 Å². The molecule has 0 unspecified atom stereocenters. The number of para-hydroxylation sites is 1. The first-order chi connectivity index (χ1) is 20.2. The topological polar surface area (TPSA) is 114 Å². The average Bonchev–Trinajstić information content (AvgIpc) is 2.99. The van der Waals surface area contributed by atoms with E-state index < -0.39 is 10.0 Å². The molecule has 0 aliphatic carbocycles. The number of methoxy groups -OCH3 is 1. The van der Waals surface area contributed by atoms with Gasteiger partial charge in [-0.3, -0.25) is 14.8 Å². The largest absolute Gasteiger partial charge is 0.497 e. The Morgan fingerprint density at radius 3 is 2.55 bits per heavy atom. The fourth-order valence-electron chi connectivity index (χ4n) is 4.68. The first-order valence-corrected chi connectivity index (χ1v) is 15.1. The number of halogens is 1. The zero-order valence-electron chi connectivity index (χ0n) is 23.2. The monoisotopic (exact) mass is 603 g/mol. The molecule has 9 nitrogen and oxygen atoms in total. The van der Waals surface area contributed by atoms with E-state index in [1.165, 1.54) is 23.5 Å². The number of hydrogen-bond acceptors (Lipinski definition) is 7. The van der Waals surface area contributed by atoms with E-state index >= 15 is 0 Å². The van der Waals surface area contributed by atoms with Gasteiger partial charge in [0.1, 0.15) is 5.75 Å². The van der Waals surface area contributed by atoms with Gasteiger partial charge in [0.25, 0.3) is 0 Å². The summed E-state index contributed by atoms with van der Waals surface area (Å²) in [5.41, 5.74) is 3.63. The lowest BCUT2D eigenvalue weighted by atomic mass is 10.1. The van der Waals surface area contributed by atoms with Crippen LogP contribution in [0.5, 0.6) is 5.75 Å². The Hall–Kier alpha value is -4.25. The molecule has 216 valence electrons. The maximum atomic E-state index is 13.7. The first-order valence-electron chi connectivity index (χ1n) is 13.3. The van der Waals surface area contributed by atoms with Gasteiger partial charge in [-0.05, 0) is 67.6 Å². The number of carbonyl (C=O) groups excluding carboxylic acids is 1. The third-order valence-electron chi connectivity index (χ3n) is 6.77. The van der Waals surface area contributed by atoms with E-state index in [4.69, 9.17) is 16.3 Å². The molecule has 2 heterocycles. The van der Waals surface area contributed by atoms with Gasteiger partial charge in [0, 0.05) is 59.4 Å². The molecule has 5 rings (SSSR count). The maximum Gasteiger partial charge on any atom is 0.243 e. The van der Waals surface area contributed by atoms with Gasteiger partial charge in [0.05, 0.1) is 28.7 Å². The lowest BCUT2D eigenvalue weighted by Gasteiger charge is -2.23. The minimum absolute atomic E-state index is 0.0258. The lowest BCUT2D eigenvalue weighted by molar-refractivity contribution is -0.116. The Bertz CT molecular complexity index is 1840. The molecule has 11 heteroatoms. The molecule has 2 aromatic heterocycles. The van der Waals surface area contributed by atoms with Crippen molar-refractivity contribution in [2.24, 2.45) is 0 Å². The molecule has 0 fully saturated rings. The van der Waals surface area contributed by atoms with E-state index in [-0.39, 0.29) is 36.9 Å². The Balaban J connectivity index is 1.34. The summed E-state index contributed by atoms with van der Waals surface area (Å²) in [6.07, 6.45) is 1.61. The number of benzene rings is 3. The number of sulfonamides is 1. The van der Waals surface area contributed by atoms with Crippen LogP contribution in [0.3, 0.4) is 0 Å². The quantitative estimate of drug-likeness (QED) is 0.194. The number of nitrogens with one attached hydrogen (secondary N) is 2. The van der Waals surface area contributed by atoms with Crippen molar-refractivity contribution in [1.29, 1.82) is 0 Å². The van der Waals surface area contributed by atoms with Gasteiger partial charge < -0.3 is 15.4 Å². The van der Waals surface area contributed by atoms with Gasteiger partial charge in [-0.2, -0.15) is 4.31 Å². The normalized spacial score (nSPS) is 11.6. The fraction of sp³-hybridized carbons (Fsp3) is 0.194. The van der Waals surface area contributed by atoms with E-state index in [9.17, 15) is 13.2 Å². The number of fused-ring (bicyclic) bond motifs is 2. The predicted molar refractivity (Wildman–Crippen MR) is 167 cm³/mol. The standard InChI is InChI=1S/C31H30ClN5O4S/c1-21-19-29(26-20-23(32)8-13-27(26)35-21)33-16-18-37(42(39,40)25-11-9-24(41-2)10-12-25)17-14-30(38)36-28-7-3-5-22-6-4-15-34-31(22)28/h3-13,15,19-20H,14,16-18H2,1-2H3,(H,33,35)(H,36,38). The molecule has 0 radical (unpaired) electrons. The Morgan fingerprint density at radius 1 is 0.976 bits per heavy atom. The van der Waals surface area contributed by atoms with E-state index in [2.05, 4.69) is 20.6 Å². The molecule has 1 amide bonds. The van der Waals surface area contributed by atoms with Gasteiger partial charge in [-0.15, -0.1) is 0 Å². The number of aryl methyl sites for hydroxylation is 1. The molecule has 0 spiro atoms. The number of nitrogens with zero attached hydrogens (tertiary/aromatic N) is 3. The molecule has 0 saturated heterocycles. The Labute approximate surface area is 249 Å². The van der Waals surface area contributed by atoms with Gasteiger partial charge in [-0.1, -0.05) is 29.8 Å². The molecular weight excluding hydrogens is 574 g/mol. The van der Waals surface area contributed by atoms with E-state index in [1.807, 2.05) is 49.4 Å². The highest BCUT2D eigenvalue weighted by Crippen LogP contribution is 2.27. The predicted octanol–water partition coefficient (Wildman–Crippen LogP) is 5.89. The molecule has 0 saturated carbocycles. The zero-order chi connectivity index (χ0) is 29.7. The Kier molecular flexibility index (Phi) is 8.86. The number of pyridine rings is 2. The minimum atomic E-state index is -3.93. The summed E-state index contributed by atoms with van der Waals surface area (Å²) in [5, 5.41) is 8.53. The smallest absolute Gasteiger partial charge is 0.243 e. The second-order valence-corrected chi connectivity index (χ2v) is 12.0. The summed E-state index contributed by atoms with van der Waals surface area (Å²) in [6, 6.07) is 22.8. The van der Waals surface area contributed by atoms with Crippen LogP contribution in [0, 0.1) is 6.92 Å². The molecule has 0 aliphatic rings. The van der Waals surface area contributed by atoms with Crippen LogP contribution in [0.4, 0.5) is 11.4 Å². The van der Waals surface area contributed by atoms with Crippen LogP contribution in [0.25, 0.3) is 21.8 Å². The third-order valence-corrected chi connectivity index (χ3v) is 8.92. The van der Waals surface area contributed by atoms with Gasteiger partial charge in [0.2, 0.25) is 15.9 Å². The summed E-state index contributed by atoms with van der Waals surface area (Å²) in [5.74, 6) is 0.227. The van der Waals surface area contributed by atoms with Crippen LogP contribution in [0.2, 0.25) is 5.02 Å². The summed E-state index contributed by atoms with van der Waals surface area (Å²) in [7, 11) is -2.41. The van der Waals surface area contributed by atoms with Crippen molar-refractivity contribution < 1.29 is 17.9 Å². The highest BCUT2D eigenvalue weighted by molar-refractivity contribution is 7.89. The molecule has 3 aromatic carbocycles. The van der Waals surface area contributed by atoms with Crippen molar-refractivity contribution in [2.45, 2.75) is 18.2 Å². The second-order valence-electron chi connectivity index (χ2n) is 9.66. The van der Waals surface area contributed by atoms with Crippen LogP contribution in [-0.2, 0) is 14.8 Å². The van der Waals surface area contributed by atoms with E-state index in [0.29, 0.717) is 22.0 Å². The average molecular weight is 604 g/mol. The number of ether oxygens (including phenoxy) is 1. The number of aromatic nitrogens is 2. The molecular formula is C31H30ClN5O4S. The van der Waals surface area contributed by atoms with Crippen molar-refractivity contribution in [3.05, 3.63) is 95.8 Å². The minimum Gasteiger partial charge on any atom is -0.497 e. The SMILES string of the molecule is COc1ccc(S(=O)(=O)N(CCNc2cc(C)nc3ccc(Cl)cc23)CCC(=O)Nc2cccc3cccnc23)cc1. The molecule has 5 aromatic rings. The molecule has 2 N–H and O–H groups in total. The molecule has 0 atom stereocenters. The molecule has 42 heavy (non-hydrogen) atoms. The van der Waals surface area contributed by atoms with Crippen LogP contribution >= 0.6 is 11.6 Å². The number of rotatable bonds is 11. The van der Waals surface area contributed by atoms with E-state index in [0.717, 1.165) is 27.7 Å². The highest BCUT2D eigenvalue weighted by Gasteiger charge is 2.25. The number of hydrogen-bond donors (Lipinski definition) is 2. The number of amides is 1. The Morgan fingerprint density at radius 2 is 1.76 bits per heavy atom. The van der Waals surface area contributed by atoms with Crippen LogP contribution in [0.15, 0.2) is 90.0 Å². The summed E-state index contributed by atoms with van der Waals surface area (Å²) in [4.78, 5) is 22.0. The maximum absolute atomic E-state index is 13.7. The van der Waals surface area contributed by atoms with Crippen molar-refractivity contribution in [2.75, 3.05) is 37.4 Å². The number of carbonyl (C=O) groups is 1. The van der Waals surface area contributed by atoms with E-state index in [1.54, 1.807) is 30.5 Å². The van der Waals surface area contributed by atoms with Crippen molar-refractivity contribution in [3.8, 4) is 5.75 Å². The molecule has 0 aliphatic heterocycles. The fourth-order valence-corrected chi connectivity index (χ4v) is 6.30. The van der Waals surface area contributed by atoms with Gasteiger partial charge >= 0.3 is 0 Å². The second kappa shape index (κ2) is 12.7. The van der Waals surface area contributed by atoms with Gasteiger partial charge in [0.15, 0.2) is 0 Å². The summed E-state index contributed by atoms with van der Waals surface area (Å²) in [6.45, 7) is 2.27. The van der Waals surface area contributed by atoms with Crippen LogP contribution < -0.4 is 15.4 Å². The number of anilines is 2. The zero-order valence-corrected chi connectivity index (χ0v) is 24.7. The first kappa shape index (κ1) is 29.2. The van der Waals surface area contributed by atoms with Crippen molar-refractivity contribution in [3.63, 3.8) is 0 Å². The van der Waals surface area contributed by atoms with Crippen molar-refractivity contribution in [1.82, 2.24) is 14.3 Å². The van der Waals surface area contributed by atoms with Crippen molar-refractivity contribution >= 4 is 60.7 Å². The van der Waals surface area contributed by atoms with Gasteiger partial charge in [-0.25, -0.2) is 8.42 Å². The lowest BCUT2D eigenvalue weighted by Crippen LogP contribution is -2.37. The molecule has 0 bridgehead atoms. The van der Waals surface area contributed by atoms with Crippen LogP contribution in [-0.4, -0.2) is 55.3 Å². The summed E-state index contributed by atoms with van der Waals surface area (Å²) >= 11 is 6.23. The highest BCUT2D eigenvalue weighted by atomic mass is 35.5. The third kappa shape index (κ3) is 6.62.